The highest BCUT2D eigenvalue weighted by atomic mass is 127. The molecule has 0 saturated carbocycles. The molecule has 0 atom stereocenters. The van der Waals surface area contributed by atoms with Crippen molar-refractivity contribution in [3.8, 4) is 5.75 Å². The third-order valence-electron chi connectivity index (χ3n) is 5.55. The minimum Gasteiger partial charge on any atom is -0.493 e. The molecule has 7 nitrogen and oxygen atoms in total. The van der Waals surface area contributed by atoms with Crippen LogP contribution in [0, 0.1) is 6.92 Å². The number of hydrogen-bond acceptors (Lipinski definition) is 5. The number of nitrogens with zero attached hydrogens (tertiary/aromatic N) is 4. The number of aromatic nitrogens is 1. The second kappa shape index (κ2) is 14.2. The van der Waals surface area contributed by atoms with Gasteiger partial charge < -0.3 is 25.2 Å². The summed E-state index contributed by atoms with van der Waals surface area (Å²) in [4.78, 5) is 14.2. The van der Waals surface area contributed by atoms with Crippen LogP contribution < -0.4 is 20.3 Å². The molecule has 1 saturated heterocycles. The summed E-state index contributed by atoms with van der Waals surface area (Å²) in [5.74, 6) is 2.79. The van der Waals surface area contributed by atoms with Crippen molar-refractivity contribution in [1.29, 1.82) is 0 Å². The Balaban J connectivity index is 0.00000385. The number of anilines is 1. The summed E-state index contributed by atoms with van der Waals surface area (Å²) >= 11 is 0. The third kappa shape index (κ3) is 8.33. The molecule has 0 unspecified atom stereocenters. The van der Waals surface area contributed by atoms with Gasteiger partial charge in [0.25, 0.3) is 0 Å². The zero-order chi connectivity index (χ0) is 22.8. The number of pyridine rings is 1. The highest BCUT2D eigenvalue weighted by molar-refractivity contribution is 14.0. The van der Waals surface area contributed by atoms with Crippen LogP contribution in [0.25, 0.3) is 0 Å². The molecular formula is C25H39IN6O. The Morgan fingerprint density at radius 1 is 1.09 bits per heavy atom. The molecule has 8 heteroatoms. The van der Waals surface area contributed by atoms with Gasteiger partial charge in [-0.3, -0.25) is 0 Å². The van der Waals surface area contributed by atoms with E-state index in [9.17, 15) is 0 Å². The molecule has 1 fully saturated rings. The number of guanidine groups is 1. The molecule has 3 rings (SSSR count). The number of nitrogens with one attached hydrogen (secondary N) is 2. The topological polar surface area (TPSA) is 65.0 Å². The van der Waals surface area contributed by atoms with Crippen molar-refractivity contribution in [2.75, 3.05) is 51.3 Å². The Bertz CT molecular complexity index is 883. The fraction of sp³-hybridized carbons (Fsp3) is 0.520. The molecule has 0 radical (unpaired) electrons. The van der Waals surface area contributed by atoms with E-state index < -0.39 is 0 Å². The fourth-order valence-electron chi connectivity index (χ4n) is 3.69. The SMILES string of the molecule is CCCOc1cc(C)ccc1CN=C(NCC)NCc1cccnc1N1CCN(C)CC1.I. The van der Waals surface area contributed by atoms with Crippen LogP contribution in [0.4, 0.5) is 5.82 Å². The zero-order valence-corrected chi connectivity index (χ0v) is 22.8. The number of likely N-dealkylation sites (N-methyl/N-ethyl adjacent to an activating group) is 1. The normalized spacial score (nSPS) is 14.5. The van der Waals surface area contributed by atoms with Gasteiger partial charge in [-0.1, -0.05) is 25.1 Å². The van der Waals surface area contributed by atoms with Gasteiger partial charge in [-0.2, -0.15) is 0 Å². The monoisotopic (exact) mass is 566 g/mol. The van der Waals surface area contributed by atoms with Crippen LogP contribution in [0.1, 0.15) is 37.0 Å². The number of ether oxygens (including phenoxy) is 1. The summed E-state index contributed by atoms with van der Waals surface area (Å²) in [7, 11) is 2.17. The van der Waals surface area contributed by atoms with Gasteiger partial charge in [0.1, 0.15) is 11.6 Å². The predicted octanol–water partition coefficient (Wildman–Crippen LogP) is 3.80. The minimum absolute atomic E-state index is 0. The largest absolute Gasteiger partial charge is 0.493 e. The maximum Gasteiger partial charge on any atom is 0.191 e. The second-order valence-electron chi connectivity index (χ2n) is 8.28. The fourth-order valence-corrected chi connectivity index (χ4v) is 3.69. The first-order valence-electron chi connectivity index (χ1n) is 11.7. The van der Waals surface area contributed by atoms with Gasteiger partial charge in [-0.15, -0.1) is 24.0 Å². The number of benzene rings is 1. The van der Waals surface area contributed by atoms with Crippen molar-refractivity contribution in [3.05, 3.63) is 53.2 Å². The van der Waals surface area contributed by atoms with Crippen molar-refractivity contribution < 1.29 is 4.74 Å². The summed E-state index contributed by atoms with van der Waals surface area (Å²) in [6.07, 6.45) is 2.87. The van der Waals surface area contributed by atoms with E-state index in [0.29, 0.717) is 19.7 Å². The maximum absolute atomic E-state index is 5.95. The lowest BCUT2D eigenvalue weighted by atomic mass is 10.1. The molecule has 33 heavy (non-hydrogen) atoms. The van der Waals surface area contributed by atoms with Crippen LogP contribution in [0.5, 0.6) is 5.75 Å². The highest BCUT2D eigenvalue weighted by Gasteiger charge is 2.18. The van der Waals surface area contributed by atoms with Crippen LogP contribution in [0.3, 0.4) is 0 Å². The Morgan fingerprint density at radius 3 is 2.61 bits per heavy atom. The molecule has 182 valence electrons. The smallest absolute Gasteiger partial charge is 0.191 e. The average molecular weight is 567 g/mol. The number of hydrogen-bond donors (Lipinski definition) is 2. The zero-order valence-electron chi connectivity index (χ0n) is 20.4. The summed E-state index contributed by atoms with van der Waals surface area (Å²) in [6, 6.07) is 10.5. The molecule has 0 spiro atoms. The van der Waals surface area contributed by atoms with Gasteiger partial charge in [-0.25, -0.2) is 9.98 Å². The quantitative estimate of drug-likeness (QED) is 0.274. The van der Waals surface area contributed by atoms with Gasteiger partial charge in [0.15, 0.2) is 5.96 Å². The predicted molar refractivity (Wildman–Crippen MR) is 148 cm³/mol. The van der Waals surface area contributed by atoms with Crippen molar-refractivity contribution in [1.82, 2.24) is 20.5 Å². The van der Waals surface area contributed by atoms with Crippen molar-refractivity contribution in [2.45, 2.75) is 40.3 Å². The van der Waals surface area contributed by atoms with Gasteiger partial charge in [0.05, 0.1) is 13.2 Å². The van der Waals surface area contributed by atoms with E-state index in [0.717, 1.165) is 62.2 Å². The summed E-state index contributed by atoms with van der Waals surface area (Å²) in [5, 5.41) is 6.85. The molecule has 1 aromatic heterocycles. The molecular weight excluding hydrogens is 527 g/mol. The summed E-state index contributed by atoms with van der Waals surface area (Å²) in [5.41, 5.74) is 3.48. The van der Waals surface area contributed by atoms with E-state index in [1.165, 1.54) is 11.1 Å². The van der Waals surface area contributed by atoms with E-state index in [1.807, 2.05) is 12.3 Å². The first-order chi connectivity index (χ1) is 15.6. The Labute approximate surface area is 216 Å². The molecule has 1 aromatic carbocycles. The summed E-state index contributed by atoms with van der Waals surface area (Å²) < 4.78 is 5.95. The lowest BCUT2D eigenvalue weighted by molar-refractivity contribution is 0.312. The van der Waals surface area contributed by atoms with Gasteiger partial charge in [0.2, 0.25) is 0 Å². The molecule has 2 N–H and O–H groups in total. The van der Waals surface area contributed by atoms with Gasteiger partial charge in [0, 0.05) is 56.6 Å². The van der Waals surface area contributed by atoms with Crippen LogP contribution in [-0.4, -0.2) is 62.2 Å². The van der Waals surface area contributed by atoms with Crippen LogP contribution in [0.2, 0.25) is 0 Å². The van der Waals surface area contributed by atoms with Gasteiger partial charge >= 0.3 is 0 Å². The Kier molecular flexibility index (Phi) is 11.7. The van der Waals surface area contributed by atoms with E-state index >= 15 is 0 Å². The van der Waals surface area contributed by atoms with E-state index in [4.69, 9.17) is 9.73 Å². The number of piperazine rings is 1. The molecule has 2 aromatic rings. The summed E-state index contributed by atoms with van der Waals surface area (Å²) in [6.45, 7) is 13.2. The van der Waals surface area contributed by atoms with Crippen LogP contribution in [0.15, 0.2) is 41.5 Å². The Morgan fingerprint density at radius 2 is 1.88 bits per heavy atom. The number of aryl methyl sites for hydroxylation is 1. The van der Waals surface area contributed by atoms with Gasteiger partial charge in [-0.05, 0) is 45.0 Å². The third-order valence-corrected chi connectivity index (χ3v) is 5.55. The lowest BCUT2D eigenvalue weighted by Crippen LogP contribution is -2.45. The molecule has 0 aliphatic carbocycles. The average Bonchev–Trinajstić information content (AvgIpc) is 2.81. The lowest BCUT2D eigenvalue weighted by Gasteiger charge is -2.34. The number of rotatable bonds is 9. The highest BCUT2D eigenvalue weighted by Crippen LogP contribution is 2.22. The molecule has 0 amide bonds. The van der Waals surface area contributed by atoms with Crippen LogP contribution in [-0.2, 0) is 13.1 Å². The molecule has 0 bridgehead atoms. The number of halogens is 1. The molecule has 1 aliphatic rings. The van der Waals surface area contributed by atoms with Crippen molar-refractivity contribution in [3.63, 3.8) is 0 Å². The minimum atomic E-state index is 0. The second-order valence-corrected chi connectivity index (χ2v) is 8.28. The molecule has 1 aliphatic heterocycles. The van der Waals surface area contributed by atoms with Crippen LogP contribution >= 0.6 is 24.0 Å². The van der Waals surface area contributed by atoms with Crippen molar-refractivity contribution in [2.24, 2.45) is 4.99 Å². The molecule has 2 heterocycles. The van der Waals surface area contributed by atoms with E-state index in [2.05, 4.69) is 77.5 Å². The number of aliphatic imine (C=N–C) groups is 1. The first kappa shape index (κ1) is 27.2. The van der Waals surface area contributed by atoms with E-state index in [1.54, 1.807) is 0 Å². The maximum atomic E-state index is 5.95. The standard InChI is InChI=1S/C25H38N6O.HI/c1-5-16-32-23-17-20(3)9-10-21(23)18-28-25(26-6-2)29-19-22-8-7-11-27-24(22)31-14-12-30(4)13-15-31;/h7-11,17H,5-6,12-16,18-19H2,1-4H3,(H2,26,28,29);1H. The van der Waals surface area contributed by atoms with E-state index in [-0.39, 0.29) is 24.0 Å². The Hall–Kier alpha value is -2.07. The van der Waals surface area contributed by atoms with Crippen molar-refractivity contribution >= 4 is 35.8 Å². The first-order valence-corrected chi connectivity index (χ1v) is 11.7.